The number of rotatable bonds is 2. The highest BCUT2D eigenvalue weighted by Gasteiger charge is 2.14. The van der Waals surface area contributed by atoms with E-state index in [0.29, 0.717) is 0 Å². The van der Waals surface area contributed by atoms with Crippen LogP contribution in [0.5, 0.6) is 0 Å². The highest BCUT2D eigenvalue weighted by Crippen LogP contribution is 2.23. The van der Waals surface area contributed by atoms with Crippen molar-refractivity contribution in [2.24, 2.45) is 5.73 Å². The van der Waals surface area contributed by atoms with Gasteiger partial charge < -0.3 is 5.73 Å². The Morgan fingerprint density at radius 1 is 1.53 bits per heavy atom. The molecule has 0 aromatic carbocycles. The molecule has 0 fully saturated rings. The third kappa shape index (κ3) is 3.14. The lowest BCUT2D eigenvalue weighted by Crippen LogP contribution is -2.44. The smallest absolute Gasteiger partial charge is 0.324 e. The minimum absolute atomic E-state index is 0.0885. The van der Waals surface area contributed by atoms with Crippen molar-refractivity contribution in [3.8, 4) is 0 Å². The van der Waals surface area contributed by atoms with Crippen molar-refractivity contribution in [1.82, 2.24) is 10.9 Å². The topological polar surface area (TPSA) is 110 Å². The largest absolute Gasteiger partial charge is 0.375 e. The Balaban J connectivity index is 2.66. The molecule has 0 aliphatic carbocycles. The summed E-state index contributed by atoms with van der Waals surface area (Å²) in [6, 6.07) is 2.60. The van der Waals surface area contributed by atoms with Crippen molar-refractivity contribution in [3.05, 3.63) is 27.1 Å². The predicted octanol–water partition coefficient (Wildman–Crippen LogP) is 0.134. The van der Waals surface area contributed by atoms with E-state index in [9.17, 15) is 14.9 Å². The van der Waals surface area contributed by atoms with Crippen molar-refractivity contribution >= 4 is 39.6 Å². The van der Waals surface area contributed by atoms with Gasteiger partial charge in [-0.1, -0.05) is 11.3 Å². The molecular weight excluding hydrogens is 240 g/mol. The van der Waals surface area contributed by atoms with E-state index in [1.54, 1.807) is 0 Å². The fourth-order valence-electron chi connectivity index (χ4n) is 0.728. The van der Waals surface area contributed by atoms with Crippen LogP contribution in [0.15, 0.2) is 12.1 Å². The van der Waals surface area contributed by atoms with Crippen molar-refractivity contribution in [3.63, 3.8) is 0 Å². The van der Waals surface area contributed by atoms with Gasteiger partial charge in [0.2, 0.25) is 0 Å². The highest BCUT2D eigenvalue weighted by molar-refractivity contribution is 7.80. The van der Waals surface area contributed by atoms with Crippen LogP contribution in [0.2, 0.25) is 0 Å². The summed E-state index contributed by atoms with van der Waals surface area (Å²) in [7, 11) is 0. The summed E-state index contributed by atoms with van der Waals surface area (Å²) in [5.74, 6) is -0.527. The second kappa shape index (κ2) is 4.66. The normalized spacial score (nSPS) is 9.33. The number of hydrogen-bond acceptors (Lipinski definition) is 5. The zero-order valence-corrected chi connectivity index (χ0v) is 8.85. The van der Waals surface area contributed by atoms with Crippen LogP contribution in [0.1, 0.15) is 9.67 Å². The van der Waals surface area contributed by atoms with Crippen LogP contribution < -0.4 is 16.6 Å². The summed E-state index contributed by atoms with van der Waals surface area (Å²) < 4.78 is 0. The van der Waals surface area contributed by atoms with Gasteiger partial charge in [0, 0.05) is 6.07 Å². The maximum absolute atomic E-state index is 11.3. The number of nitrogens with two attached hydrogens (primary N) is 1. The number of carbonyl (C=O) groups excluding carboxylic acids is 1. The number of nitrogens with zero attached hydrogens (tertiary/aromatic N) is 1. The Hall–Kier alpha value is -1.74. The summed E-state index contributed by atoms with van der Waals surface area (Å²) in [4.78, 5) is 21.2. The van der Waals surface area contributed by atoms with E-state index in [-0.39, 0.29) is 15.0 Å². The average Bonchev–Trinajstić information content (AvgIpc) is 2.62. The molecule has 1 rings (SSSR count). The summed E-state index contributed by atoms with van der Waals surface area (Å²) in [5, 5.41) is 10.1. The first-order valence-electron chi connectivity index (χ1n) is 3.60. The monoisotopic (exact) mass is 246 g/mol. The van der Waals surface area contributed by atoms with E-state index in [0.717, 1.165) is 11.3 Å². The first kappa shape index (κ1) is 11.3. The maximum Gasteiger partial charge on any atom is 0.324 e. The quantitative estimate of drug-likeness (QED) is 0.389. The van der Waals surface area contributed by atoms with Crippen molar-refractivity contribution < 1.29 is 9.72 Å². The first-order chi connectivity index (χ1) is 7.00. The van der Waals surface area contributed by atoms with Crippen molar-refractivity contribution in [1.29, 1.82) is 0 Å². The number of thiophene rings is 1. The molecule has 1 heterocycles. The van der Waals surface area contributed by atoms with Gasteiger partial charge in [0.15, 0.2) is 5.11 Å². The minimum atomic E-state index is -0.567. The maximum atomic E-state index is 11.3. The van der Waals surface area contributed by atoms with E-state index in [1.807, 2.05) is 0 Å². The van der Waals surface area contributed by atoms with E-state index in [4.69, 9.17) is 5.73 Å². The second-order valence-corrected chi connectivity index (χ2v) is 3.84. The first-order valence-corrected chi connectivity index (χ1v) is 4.83. The lowest BCUT2D eigenvalue weighted by molar-refractivity contribution is -0.380. The van der Waals surface area contributed by atoms with Gasteiger partial charge in [-0.3, -0.25) is 25.8 Å². The fraction of sp³-hybridized carbons (Fsp3) is 0. The summed E-state index contributed by atoms with van der Waals surface area (Å²) in [6.07, 6.45) is 0. The number of nitrogens with one attached hydrogen (secondary N) is 2. The van der Waals surface area contributed by atoms with Crippen LogP contribution in [-0.4, -0.2) is 15.9 Å². The highest BCUT2D eigenvalue weighted by atomic mass is 32.1. The third-order valence-electron chi connectivity index (χ3n) is 1.29. The third-order valence-corrected chi connectivity index (χ3v) is 2.43. The molecule has 0 spiro atoms. The summed E-state index contributed by atoms with van der Waals surface area (Å²) >= 11 is 5.22. The van der Waals surface area contributed by atoms with Crippen molar-refractivity contribution in [2.45, 2.75) is 0 Å². The van der Waals surface area contributed by atoms with E-state index in [1.165, 1.54) is 12.1 Å². The molecule has 0 atom stereocenters. The molecule has 0 bridgehead atoms. The molecule has 0 aliphatic heterocycles. The van der Waals surface area contributed by atoms with Crippen LogP contribution in [0.3, 0.4) is 0 Å². The molecule has 1 aromatic heterocycles. The predicted molar refractivity (Wildman–Crippen MR) is 58.4 cm³/mol. The molecule has 0 aliphatic rings. The fourth-order valence-corrected chi connectivity index (χ4v) is 1.49. The standard InChI is InChI=1S/C6H6N4O3S2/c7-6(14)9-8-5(11)3-1-2-4(15-3)10(12)13/h1-2H,(H,8,11)(H3,7,9,14). The van der Waals surface area contributed by atoms with Gasteiger partial charge in [-0.15, -0.1) is 0 Å². The molecule has 1 amide bonds. The van der Waals surface area contributed by atoms with Gasteiger partial charge in [-0.05, 0) is 18.3 Å². The Kier molecular flexibility index (Phi) is 3.52. The molecule has 0 radical (unpaired) electrons. The van der Waals surface area contributed by atoms with Gasteiger partial charge in [-0.2, -0.15) is 0 Å². The van der Waals surface area contributed by atoms with Crippen LogP contribution in [-0.2, 0) is 0 Å². The Morgan fingerprint density at radius 3 is 2.67 bits per heavy atom. The molecule has 15 heavy (non-hydrogen) atoms. The number of nitro groups is 1. The van der Waals surface area contributed by atoms with Crippen LogP contribution >= 0.6 is 23.6 Å². The number of amides is 1. The lowest BCUT2D eigenvalue weighted by atomic mass is 10.4. The van der Waals surface area contributed by atoms with Crippen LogP contribution in [0.25, 0.3) is 0 Å². The molecule has 9 heteroatoms. The van der Waals surface area contributed by atoms with Crippen LogP contribution in [0, 0.1) is 10.1 Å². The minimum Gasteiger partial charge on any atom is -0.375 e. The zero-order valence-electron chi connectivity index (χ0n) is 7.22. The van der Waals surface area contributed by atoms with E-state index < -0.39 is 10.8 Å². The molecule has 80 valence electrons. The molecule has 4 N–H and O–H groups in total. The Morgan fingerprint density at radius 2 is 2.20 bits per heavy atom. The molecule has 0 saturated carbocycles. The number of thiocarbonyl (C=S) groups is 1. The molecule has 0 unspecified atom stereocenters. The average molecular weight is 246 g/mol. The second-order valence-electron chi connectivity index (χ2n) is 2.34. The lowest BCUT2D eigenvalue weighted by Gasteiger charge is -2.03. The molecule has 1 aromatic rings. The van der Waals surface area contributed by atoms with Gasteiger partial charge in [0.05, 0.1) is 4.92 Å². The summed E-state index contributed by atoms with van der Waals surface area (Å²) in [5.41, 5.74) is 9.49. The van der Waals surface area contributed by atoms with E-state index >= 15 is 0 Å². The van der Waals surface area contributed by atoms with Crippen molar-refractivity contribution in [2.75, 3.05) is 0 Å². The summed E-state index contributed by atoms with van der Waals surface area (Å²) in [6.45, 7) is 0. The van der Waals surface area contributed by atoms with Gasteiger partial charge in [-0.25, -0.2) is 0 Å². The van der Waals surface area contributed by atoms with Gasteiger partial charge in [0.1, 0.15) is 4.88 Å². The Labute approximate surface area is 93.4 Å². The molecular formula is C6H6N4O3S2. The Bertz CT molecular complexity index is 416. The van der Waals surface area contributed by atoms with Gasteiger partial charge >= 0.3 is 5.00 Å². The number of hydrogen-bond donors (Lipinski definition) is 3. The molecule has 0 saturated heterocycles. The number of hydrazine groups is 1. The molecule has 7 nitrogen and oxygen atoms in total. The zero-order chi connectivity index (χ0) is 11.4. The van der Waals surface area contributed by atoms with Crippen LogP contribution in [0.4, 0.5) is 5.00 Å². The van der Waals surface area contributed by atoms with E-state index in [2.05, 4.69) is 23.1 Å². The van der Waals surface area contributed by atoms with Gasteiger partial charge in [0.25, 0.3) is 5.91 Å². The number of carbonyl (C=O) groups is 1. The SMILES string of the molecule is NC(=S)NNC(=O)c1ccc([N+](=O)[O-])s1.